The molecule has 1 heterocycles. The van der Waals surface area contributed by atoms with Gasteiger partial charge in [0.15, 0.2) is 15.9 Å². The summed E-state index contributed by atoms with van der Waals surface area (Å²) in [5.74, 6) is 0.565. The molecule has 0 aromatic heterocycles. The van der Waals surface area contributed by atoms with E-state index in [9.17, 15) is 13.2 Å². The summed E-state index contributed by atoms with van der Waals surface area (Å²) in [4.78, 5) is 15.3. The molecule has 5 nitrogen and oxygen atoms in total. The van der Waals surface area contributed by atoms with Gasteiger partial charge in [-0.25, -0.2) is 8.42 Å². The molecule has 3 aromatic carbocycles. The van der Waals surface area contributed by atoms with Crippen LogP contribution < -0.4 is 4.74 Å². The Morgan fingerprint density at radius 2 is 1.75 bits per heavy atom. The molecule has 1 amide bonds. The first-order valence-corrected chi connectivity index (χ1v) is 12.8. The zero-order chi connectivity index (χ0) is 22.9. The van der Waals surface area contributed by atoms with E-state index in [1.165, 1.54) is 0 Å². The van der Waals surface area contributed by atoms with E-state index in [0.29, 0.717) is 18.7 Å². The number of sulfone groups is 1. The lowest BCUT2D eigenvalue weighted by Gasteiger charge is -2.31. The Hall–Kier alpha value is -2.86. The van der Waals surface area contributed by atoms with Crippen LogP contribution in [0.15, 0.2) is 60.7 Å². The van der Waals surface area contributed by atoms with Crippen molar-refractivity contribution in [3.05, 3.63) is 77.4 Å². The molecular weight excluding hydrogens is 422 g/mol. The number of rotatable bonds is 6. The SMILES string of the molecule is Cc1cc(C)cc(O[C@@H](C)C(=O)N(Cc2cccc3ccccc23)[C@H]2CCS(=O)(=O)C2)c1. The summed E-state index contributed by atoms with van der Waals surface area (Å²) < 4.78 is 30.4. The van der Waals surface area contributed by atoms with Gasteiger partial charge in [0.25, 0.3) is 5.91 Å². The number of benzene rings is 3. The molecule has 0 unspecified atom stereocenters. The molecule has 2 atom stereocenters. The third-order valence-corrected chi connectivity index (χ3v) is 7.76. The minimum absolute atomic E-state index is 0.000219. The first-order chi connectivity index (χ1) is 15.2. The normalized spacial score (nSPS) is 18.4. The summed E-state index contributed by atoms with van der Waals surface area (Å²) in [6.45, 7) is 6.06. The molecule has 32 heavy (non-hydrogen) atoms. The average Bonchev–Trinajstić information content (AvgIpc) is 3.10. The van der Waals surface area contributed by atoms with Gasteiger partial charge < -0.3 is 9.64 Å². The highest BCUT2D eigenvalue weighted by Crippen LogP contribution is 2.26. The Balaban J connectivity index is 1.63. The Morgan fingerprint density at radius 3 is 2.44 bits per heavy atom. The zero-order valence-electron chi connectivity index (χ0n) is 18.7. The quantitative estimate of drug-likeness (QED) is 0.556. The molecule has 0 spiro atoms. The van der Waals surface area contributed by atoms with Gasteiger partial charge in [-0.1, -0.05) is 48.5 Å². The Kier molecular flexibility index (Phi) is 6.24. The Labute approximate surface area is 189 Å². The third-order valence-electron chi connectivity index (χ3n) is 6.01. The van der Waals surface area contributed by atoms with Gasteiger partial charge >= 0.3 is 0 Å². The number of carbonyl (C=O) groups excluding carboxylic acids is 1. The summed E-state index contributed by atoms with van der Waals surface area (Å²) in [6, 6.07) is 19.6. The van der Waals surface area contributed by atoms with Gasteiger partial charge in [-0.3, -0.25) is 4.79 Å². The maximum Gasteiger partial charge on any atom is 0.263 e. The smallest absolute Gasteiger partial charge is 0.263 e. The number of carbonyl (C=O) groups is 1. The molecule has 3 aromatic rings. The van der Waals surface area contributed by atoms with Gasteiger partial charge in [0.2, 0.25) is 0 Å². The van der Waals surface area contributed by atoms with Crippen LogP contribution in [-0.4, -0.2) is 42.9 Å². The lowest BCUT2D eigenvalue weighted by molar-refractivity contribution is -0.140. The molecule has 0 N–H and O–H groups in total. The monoisotopic (exact) mass is 451 g/mol. The predicted molar refractivity (Wildman–Crippen MR) is 128 cm³/mol. The van der Waals surface area contributed by atoms with Crippen LogP contribution in [0, 0.1) is 13.8 Å². The van der Waals surface area contributed by atoms with Crippen LogP contribution in [0.25, 0.3) is 10.8 Å². The largest absolute Gasteiger partial charge is 0.481 e. The molecular formula is C26H29NO4S. The number of hydrogen-bond donors (Lipinski definition) is 0. The van der Waals surface area contributed by atoms with Gasteiger partial charge in [0, 0.05) is 12.6 Å². The van der Waals surface area contributed by atoms with E-state index < -0.39 is 15.9 Å². The van der Waals surface area contributed by atoms with Gasteiger partial charge in [-0.05, 0) is 66.8 Å². The number of nitrogens with zero attached hydrogens (tertiary/aromatic N) is 1. The van der Waals surface area contributed by atoms with Crippen molar-refractivity contribution in [3.63, 3.8) is 0 Å². The van der Waals surface area contributed by atoms with Crippen molar-refractivity contribution < 1.29 is 17.9 Å². The van der Waals surface area contributed by atoms with Gasteiger partial charge in [0.05, 0.1) is 11.5 Å². The predicted octanol–water partition coefficient (Wildman–Crippen LogP) is 4.44. The van der Waals surface area contributed by atoms with E-state index in [1.807, 2.05) is 68.4 Å². The second-order valence-electron chi connectivity index (χ2n) is 8.74. The first-order valence-electron chi connectivity index (χ1n) is 10.9. The summed E-state index contributed by atoms with van der Waals surface area (Å²) >= 11 is 0. The lowest BCUT2D eigenvalue weighted by atomic mass is 10.0. The fourth-order valence-electron chi connectivity index (χ4n) is 4.51. The fraction of sp³-hybridized carbons (Fsp3) is 0.346. The van der Waals surface area contributed by atoms with Gasteiger partial charge in [0.1, 0.15) is 5.75 Å². The molecule has 1 fully saturated rings. The van der Waals surface area contributed by atoms with E-state index in [4.69, 9.17) is 4.74 Å². The molecule has 4 rings (SSSR count). The minimum atomic E-state index is -3.14. The molecule has 6 heteroatoms. The summed E-state index contributed by atoms with van der Waals surface area (Å²) in [7, 11) is -3.14. The highest BCUT2D eigenvalue weighted by molar-refractivity contribution is 7.91. The number of amides is 1. The van der Waals surface area contributed by atoms with Crippen molar-refractivity contribution in [2.75, 3.05) is 11.5 Å². The standard InChI is InChI=1S/C26H29NO4S/c1-18-13-19(2)15-24(14-18)31-20(3)26(28)27(23-11-12-32(29,30)17-23)16-22-9-6-8-21-7-4-5-10-25(21)22/h4-10,13-15,20,23H,11-12,16-17H2,1-3H3/t20-,23-/m0/s1. The summed E-state index contributed by atoms with van der Waals surface area (Å²) in [5.41, 5.74) is 3.13. The number of hydrogen-bond acceptors (Lipinski definition) is 4. The lowest BCUT2D eigenvalue weighted by Crippen LogP contribution is -2.46. The molecule has 0 saturated carbocycles. The summed E-state index contributed by atoms with van der Waals surface area (Å²) in [5, 5.41) is 2.16. The Morgan fingerprint density at radius 1 is 1.06 bits per heavy atom. The zero-order valence-corrected chi connectivity index (χ0v) is 19.6. The average molecular weight is 452 g/mol. The van der Waals surface area contributed by atoms with Crippen LogP contribution in [-0.2, 0) is 21.2 Å². The van der Waals surface area contributed by atoms with Crippen molar-refractivity contribution >= 4 is 26.5 Å². The summed E-state index contributed by atoms with van der Waals surface area (Å²) in [6.07, 6.45) is -0.274. The number of ether oxygens (including phenoxy) is 1. The van der Waals surface area contributed by atoms with E-state index >= 15 is 0 Å². The van der Waals surface area contributed by atoms with Crippen LogP contribution in [0.3, 0.4) is 0 Å². The minimum Gasteiger partial charge on any atom is -0.481 e. The van der Waals surface area contributed by atoms with Crippen molar-refractivity contribution in [3.8, 4) is 5.75 Å². The van der Waals surface area contributed by atoms with E-state index in [1.54, 1.807) is 11.8 Å². The molecule has 0 bridgehead atoms. The maximum absolute atomic E-state index is 13.6. The second kappa shape index (κ2) is 8.94. The van der Waals surface area contributed by atoms with E-state index in [2.05, 4.69) is 6.07 Å². The molecule has 1 saturated heterocycles. The maximum atomic E-state index is 13.6. The number of fused-ring (bicyclic) bond motifs is 1. The number of aryl methyl sites for hydroxylation is 2. The molecule has 0 aliphatic carbocycles. The van der Waals surface area contributed by atoms with Gasteiger partial charge in [-0.15, -0.1) is 0 Å². The van der Waals surface area contributed by atoms with E-state index in [-0.39, 0.29) is 23.5 Å². The third kappa shape index (κ3) is 4.96. The second-order valence-corrected chi connectivity index (χ2v) is 11.0. The van der Waals surface area contributed by atoms with Crippen molar-refractivity contribution in [2.45, 2.75) is 45.9 Å². The van der Waals surface area contributed by atoms with Crippen molar-refractivity contribution in [1.29, 1.82) is 0 Å². The van der Waals surface area contributed by atoms with Crippen LogP contribution >= 0.6 is 0 Å². The fourth-order valence-corrected chi connectivity index (χ4v) is 6.24. The molecule has 0 radical (unpaired) electrons. The topological polar surface area (TPSA) is 63.7 Å². The highest BCUT2D eigenvalue weighted by Gasteiger charge is 2.36. The van der Waals surface area contributed by atoms with Crippen molar-refractivity contribution in [2.24, 2.45) is 0 Å². The van der Waals surface area contributed by atoms with Crippen LogP contribution in [0.4, 0.5) is 0 Å². The van der Waals surface area contributed by atoms with E-state index in [0.717, 1.165) is 27.5 Å². The van der Waals surface area contributed by atoms with Crippen LogP contribution in [0.5, 0.6) is 5.75 Å². The van der Waals surface area contributed by atoms with Gasteiger partial charge in [-0.2, -0.15) is 0 Å². The molecule has 168 valence electrons. The molecule has 1 aliphatic heterocycles. The Bertz CT molecular complexity index is 1230. The van der Waals surface area contributed by atoms with Crippen molar-refractivity contribution in [1.82, 2.24) is 4.90 Å². The van der Waals surface area contributed by atoms with Crippen LogP contribution in [0.2, 0.25) is 0 Å². The molecule has 1 aliphatic rings. The van der Waals surface area contributed by atoms with Crippen LogP contribution in [0.1, 0.15) is 30.0 Å². The highest BCUT2D eigenvalue weighted by atomic mass is 32.2. The first kappa shape index (κ1) is 22.3.